The first-order valence-corrected chi connectivity index (χ1v) is 12.2. The van der Waals surface area contributed by atoms with E-state index in [0.29, 0.717) is 16.8 Å². The molecule has 0 radical (unpaired) electrons. The van der Waals surface area contributed by atoms with Crippen LogP contribution in [0.15, 0.2) is 95.9 Å². The average Bonchev–Trinajstić information content (AvgIpc) is 2.95. The van der Waals surface area contributed by atoms with Crippen molar-refractivity contribution in [1.82, 2.24) is 19.9 Å². The zero-order valence-electron chi connectivity index (χ0n) is 21.6. The summed E-state index contributed by atoms with van der Waals surface area (Å²) in [7, 11) is 0. The monoisotopic (exact) mass is 574 g/mol. The second-order valence-corrected chi connectivity index (χ2v) is 8.81. The van der Waals surface area contributed by atoms with Gasteiger partial charge in [-0.3, -0.25) is 9.97 Å². The number of aryl methyl sites for hydroxylation is 1. The fourth-order valence-electron chi connectivity index (χ4n) is 3.88. The largest absolute Gasteiger partial charge is 0.487 e. The fraction of sp³-hybridized carbons (Fsp3) is 0.0968. The minimum Gasteiger partial charge on any atom is -0.487 e. The highest BCUT2D eigenvalue weighted by molar-refractivity contribution is 5.85. The Morgan fingerprint density at radius 2 is 1.54 bits per heavy atom. The van der Waals surface area contributed by atoms with Gasteiger partial charge in [0.2, 0.25) is 0 Å². The second kappa shape index (κ2) is 12.5. The van der Waals surface area contributed by atoms with E-state index in [9.17, 15) is 18.0 Å². The molecule has 41 heavy (non-hydrogen) atoms. The van der Waals surface area contributed by atoms with Crippen molar-refractivity contribution in [1.29, 1.82) is 0 Å². The zero-order chi connectivity index (χ0) is 28.1. The topological polar surface area (TPSA) is 80.8 Å². The van der Waals surface area contributed by atoms with Crippen LogP contribution < -0.4 is 10.4 Å². The Kier molecular flexibility index (Phi) is 8.85. The van der Waals surface area contributed by atoms with Crippen LogP contribution in [0.25, 0.3) is 22.8 Å². The van der Waals surface area contributed by atoms with Crippen LogP contribution in [0.5, 0.6) is 5.75 Å². The van der Waals surface area contributed by atoms with Crippen molar-refractivity contribution in [3.8, 4) is 40.4 Å². The normalized spacial score (nSPS) is 10.7. The van der Waals surface area contributed by atoms with Crippen molar-refractivity contribution in [3.63, 3.8) is 0 Å². The quantitative estimate of drug-likeness (QED) is 0.239. The lowest BCUT2D eigenvalue weighted by Crippen LogP contribution is -2.17. The van der Waals surface area contributed by atoms with Crippen molar-refractivity contribution >= 4 is 12.4 Å². The molecule has 6 nitrogen and oxygen atoms in total. The molecule has 3 aromatic carbocycles. The predicted octanol–water partition coefficient (Wildman–Crippen LogP) is 6.62. The van der Waals surface area contributed by atoms with Crippen LogP contribution in [-0.4, -0.2) is 19.9 Å². The number of aromatic amines is 1. The third-order valence-corrected chi connectivity index (χ3v) is 5.87. The third-order valence-electron chi connectivity index (χ3n) is 5.87. The molecule has 0 aliphatic rings. The van der Waals surface area contributed by atoms with Crippen LogP contribution in [0.4, 0.5) is 13.2 Å². The number of H-pyrrole nitrogens is 1. The van der Waals surface area contributed by atoms with E-state index in [1.54, 1.807) is 48.7 Å². The van der Waals surface area contributed by atoms with Gasteiger partial charge in [0.1, 0.15) is 18.2 Å². The van der Waals surface area contributed by atoms with Gasteiger partial charge in [-0.1, -0.05) is 41.7 Å². The summed E-state index contributed by atoms with van der Waals surface area (Å²) in [6.07, 6.45) is -3.18. The first-order chi connectivity index (χ1) is 19.3. The summed E-state index contributed by atoms with van der Waals surface area (Å²) in [5.74, 6) is 5.67. The standard InChI is InChI=1S/C31H21F3N4O2.ClH/c1-20-8-10-21(11-9-20)12-13-22-14-16-23(17-15-22)28-36-29(38-30(39)37-28)27-25(31(32,33)34)6-4-7-26(27)40-19-24-5-2-3-18-35-24;/h2-11,14-18H,19H2,1H3,(H,36,37,38,39);1H. The summed E-state index contributed by atoms with van der Waals surface area (Å²) < 4.78 is 47.9. The lowest BCUT2D eigenvalue weighted by Gasteiger charge is -2.17. The summed E-state index contributed by atoms with van der Waals surface area (Å²) in [4.78, 5) is 27.2. The van der Waals surface area contributed by atoms with Crippen LogP contribution in [0.3, 0.4) is 0 Å². The number of nitrogens with one attached hydrogen (secondary N) is 1. The molecule has 0 spiro atoms. The Bertz CT molecular complexity index is 1760. The highest BCUT2D eigenvalue weighted by atomic mass is 35.5. The number of hydrogen-bond donors (Lipinski definition) is 1. The number of alkyl halides is 3. The molecule has 0 amide bonds. The predicted molar refractivity (Wildman–Crippen MR) is 152 cm³/mol. The number of pyridine rings is 1. The first-order valence-electron chi connectivity index (χ1n) is 12.2. The SMILES string of the molecule is Cc1ccc(C#Cc2ccc(-c3nc(-c4c(OCc5ccccn5)cccc4C(F)(F)F)[nH]c(=O)n3)cc2)cc1.Cl. The van der Waals surface area contributed by atoms with Crippen molar-refractivity contribution in [2.24, 2.45) is 0 Å². The minimum absolute atomic E-state index is 0. The number of nitrogens with zero attached hydrogens (tertiary/aromatic N) is 3. The number of halogens is 4. The number of aromatic nitrogens is 4. The Hall–Kier alpha value is -4.94. The number of rotatable bonds is 5. The summed E-state index contributed by atoms with van der Waals surface area (Å²) in [5.41, 5.74) is 1.42. The Balaban J connectivity index is 0.00000387. The summed E-state index contributed by atoms with van der Waals surface area (Å²) in [6.45, 7) is 1.91. The fourth-order valence-corrected chi connectivity index (χ4v) is 3.88. The van der Waals surface area contributed by atoms with E-state index in [1.807, 2.05) is 31.2 Å². The Morgan fingerprint density at radius 1 is 0.854 bits per heavy atom. The van der Waals surface area contributed by atoms with Crippen LogP contribution in [0.2, 0.25) is 0 Å². The van der Waals surface area contributed by atoms with E-state index in [-0.39, 0.29) is 36.4 Å². The molecule has 0 atom stereocenters. The highest BCUT2D eigenvalue weighted by Crippen LogP contribution is 2.41. The molecule has 5 rings (SSSR count). The molecule has 2 aromatic heterocycles. The van der Waals surface area contributed by atoms with E-state index in [1.165, 1.54) is 12.1 Å². The van der Waals surface area contributed by atoms with Gasteiger partial charge in [-0.15, -0.1) is 12.4 Å². The Labute approximate surface area is 239 Å². The van der Waals surface area contributed by atoms with Crippen LogP contribution in [0, 0.1) is 18.8 Å². The number of ether oxygens (including phenoxy) is 1. The van der Waals surface area contributed by atoms with E-state index in [0.717, 1.165) is 17.2 Å². The van der Waals surface area contributed by atoms with Gasteiger partial charge in [0, 0.05) is 22.9 Å². The molecule has 0 unspecified atom stereocenters. The molecule has 0 aliphatic heterocycles. The van der Waals surface area contributed by atoms with Gasteiger partial charge in [0.15, 0.2) is 5.82 Å². The Morgan fingerprint density at radius 3 is 2.17 bits per heavy atom. The molecule has 2 heterocycles. The molecule has 0 aliphatic carbocycles. The maximum atomic E-state index is 14.0. The van der Waals surface area contributed by atoms with Crippen LogP contribution in [0.1, 0.15) is 27.9 Å². The molecular weight excluding hydrogens is 553 g/mol. The van der Waals surface area contributed by atoms with Gasteiger partial charge in [-0.05, 0) is 67.6 Å². The maximum Gasteiger partial charge on any atom is 0.417 e. The molecule has 0 fully saturated rings. The van der Waals surface area contributed by atoms with Crippen molar-refractivity contribution in [2.45, 2.75) is 19.7 Å². The summed E-state index contributed by atoms with van der Waals surface area (Å²) in [5, 5.41) is 0. The molecular formula is C31H22ClF3N4O2. The summed E-state index contributed by atoms with van der Waals surface area (Å²) >= 11 is 0. The molecule has 0 saturated carbocycles. The lowest BCUT2D eigenvalue weighted by molar-refractivity contribution is -0.137. The van der Waals surface area contributed by atoms with Crippen molar-refractivity contribution in [2.75, 3.05) is 0 Å². The minimum atomic E-state index is -4.74. The molecule has 0 saturated heterocycles. The second-order valence-electron chi connectivity index (χ2n) is 8.81. The molecule has 0 bridgehead atoms. The first kappa shape index (κ1) is 29.1. The maximum absolute atomic E-state index is 14.0. The van der Waals surface area contributed by atoms with Gasteiger partial charge < -0.3 is 4.74 Å². The van der Waals surface area contributed by atoms with E-state index >= 15 is 0 Å². The van der Waals surface area contributed by atoms with Crippen LogP contribution >= 0.6 is 12.4 Å². The van der Waals surface area contributed by atoms with E-state index in [2.05, 4.69) is 31.8 Å². The lowest BCUT2D eigenvalue weighted by atomic mass is 10.0. The summed E-state index contributed by atoms with van der Waals surface area (Å²) in [6, 6.07) is 23.2. The average molecular weight is 575 g/mol. The van der Waals surface area contributed by atoms with Crippen LogP contribution in [-0.2, 0) is 12.8 Å². The number of benzene rings is 3. The van der Waals surface area contributed by atoms with Crippen molar-refractivity contribution < 1.29 is 17.9 Å². The van der Waals surface area contributed by atoms with E-state index in [4.69, 9.17) is 4.74 Å². The molecule has 1 N–H and O–H groups in total. The van der Waals surface area contributed by atoms with Crippen molar-refractivity contribution in [3.05, 3.63) is 130 Å². The van der Waals surface area contributed by atoms with E-state index < -0.39 is 23.0 Å². The molecule has 206 valence electrons. The van der Waals surface area contributed by atoms with Gasteiger partial charge >= 0.3 is 11.9 Å². The smallest absolute Gasteiger partial charge is 0.417 e. The van der Waals surface area contributed by atoms with Gasteiger partial charge in [0.05, 0.1) is 16.8 Å². The third kappa shape index (κ3) is 7.18. The molecule has 10 heteroatoms. The number of hydrogen-bond acceptors (Lipinski definition) is 5. The zero-order valence-corrected chi connectivity index (χ0v) is 22.4. The highest BCUT2D eigenvalue weighted by Gasteiger charge is 2.36. The molecule has 5 aromatic rings. The van der Waals surface area contributed by atoms with Gasteiger partial charge in [-0.25, -0.2) is 9.78 Å². The van der Waals surface area contributed by atoms with Gasteiger partial charge in [0.25, 0.3) is 0 Å². The van der Waals surface area contributed by atoms with Gasteiger partial charge in [-0.2, -0.15) is 18.2 Å².